The van der Waals surface area contributed by atoms with Crippen LogP contribution in [-0.4, -0.2) is 52.5 Å². The standard InChI is InChI=1S/C16H20Cl2N2O3/c1-11(21)20-5-3-4-16(23,10-20)15(22)19(2)9-12-6-13(17)8-14(18)7-12/h6-8,23H,3-5,9-10H2,1-2H3. The lowest BCUT2D eigenvalue weighted by Crippen LogP contribution is -2.58. The Morgan fingerprint density at radius 1 is 1.30 bits per heavy atom. The van der Waals surface area contributed by atoms with Gasteiger partial charge in [0.25, 0.3) is 5.91 Å². The summed E-state index contributed by atoms with van der Waals surface area (Å²) in [5.74, 6) is -0.542. The van der Waals surface area contributed by atoms with Crippen molar-refractivity contribution in [2.75, 3.05) is 20.1 Å². The normalized spacial score (nSPS) is 21.2. The number of likely N-dealkylation sites (tertiary alicyclic amines) is 1. The first kappa shape index (κ1) is 18.0. The topological polar surface area (TPSA) is 60.9 Å². The van der Waals surface area contributed by atoms with Crippen molar-refractivity contribution >= 4 is 35.0 Å². The first-order chi connectivity index (χ1) is 10.7. The summed E-state index contributed by atoms with van der Waals surface area (Å²) in [6.45, 7) is 2.32. The number of nitrogens with zero attached hydrogens (tertiary/aromatic N) is 2. The number of aliphatic hydroxyl groups is 1. The highest BCUT2D eigenvalue weighted by Crippen LogP contribution is 2.25. The van der Waals surface area contributed by atoms with Gasteiger partial charge in [-0.25, -0.2) is 0 Å². The molecule has 1 aromatic carbocycles. The first-order valence-electron chi connectivity index (χ1n) is 7.40. The third-order valence-corrected chi connectivity index (χ3v) is 4.44. The minimum Gasteiger partial charge on any atom is -0.378 e. The number of halogens is 2. The predicted molar refractivity (Wildman–Crippen MR) is 89.4 cm³/mol. The molecule has 0 spiro atoms. The van der Waals surface area contributed by atoms with E-state index in [1.807, 2.05) is 0 Å². The molecule has 1 saturated heterocycles. The number of rotatable bonds is 3. The molecule has 7 heteroatoms. The maximum Gasteiger partial charge on any atom is 0.256 e. The summed E-state index contributed by atoms with van der Waals surface area (Å²) in [7, 11) is 1.61. The molecule has 5 nitrogen and oxygen atoms in total. The van der Waals surface area contributed by atoms with E-state index in [9.17, 15) is 14.7 Å². The van der Waals surface area contributed by atoms with Crippen LogP contribution in [0.25, 0.3) is 0 Å². The molecule has 1 aromatic rings. The van der Waals surface area contributed by atoms with Crippen LogP contribution in [0.15, 0.2) is 18.2 Å². The number of likely N-dealkylation sites (N-methyl/N-ethyl adjacent to an activating group) is 1. The van der Waals surface area contributed by atoms with Crippen LogP contribution >= 0.6 is 23.2 Å². The zero-order chi connectivity index (χ0) is 17.2. The Labute approximate surface area is 145 Å². The van der Waals surface area contributed by atoms with E-state index in [-0.39, 0.29) is 19.0 Å². The van der Waals surface area contributed by atoms with Crippen LogP contribution in [0.3, 0.4) is 0 Å². The highest BCUT2D eigenvalue weighted by molar-refractivity contribution is 6.34. The van der Waals surface area contributed by atoms with Gasteiger partial charge in [-0.3, -0.25) is 9.59 Å². The summed E-state index contributed by atoms with van der Waals surface area (Å²) < 4.78 is 0. The summed E-state index contributed by atoms with van der Waals surface area (Å²) in [6.07, 6.45) is 0.939. The van der Waals surface area contributed by atoms with Gasteiger partial charge in [0.05, 0.1) is 6.54 Å². The van der Waals surface area contributed by atoms with Crippen LogP contribution in [0.4, 0.5) is 0 Å². The lowest BCUT2D eigenvalue weighted by atomic mass is 9.91. The second kappa shape index (κ2) is 7.07. The van der Waals surface area contributed by atoms with Gasteiger partial charge in [-0.05, 0) is 36.6 Å². The largest absolute Gasteiger partial charge is 0.378 e. The molecule has 2 amide bonds. The van der Waals surface area contributed by atoms with E-state index in [4.69, 9.17) is 23.2 Å². The monoisotopic (exact) mass is 358 g/mol. The van der Waals surface area contributed by atoms with Crippen LogP contribution in [0.2, 0.25) is 10.0 Å². The van der Waals surface area contributed by atoms with Crippen LogP contribution < -0.4 is 0 Å². The summed E-state index contributed by atoms with van der Waals surface area (Å²) in [6, 6.07) is 5.07. The SMILES string of the molecule is CC(=O)N1CCCC(O)(C(=O)N(C)Cc2cc(Cl)cc(Cl)c2)C1. The van der Waals surface area contributed by atoms with E-state index in [0.717, 1.165) is 5.56 Å². The van der Waals surface area contributed by atoms with Gasteiger partial charge >= 0.3 is 0 Å². The minimum atomic E-state index is -1.54. The zero-order valence-electron chi connectivity index (χ0n) is 13.2. The van der Waals surface area contributed by atoms with Gasteiger partial charge in [-0.15, -0.1) is 0 Å². The molecule has 0 saturated carbocycles. The Hall–Kier alpha value is -1.30. The second-order valence-corrected chi connectivity index (χ2v) is 6.89. The molecule has 1 aliphatic rings. The number of β-amino-alcohol motifs (C(OH)–C–C–N with tert-alkyl or cyclic N) is 1. The maximum atomic E-state index is 12.6. The van der Waals surface area contributed by atoms with Crippen molar-refractivity contribution in [3.63, 3.8) is 0 Å². The Kier molecular flexibility index (Phi) is 5.55. The third kappa shape index (κ3) is 4.37. The third-order valence-electron chi connectivity index (χ3n) is 4.00. The fraction of sp³-hybridized carbons (Fsp3) is 0.500. The summed E-state index contributed by atoms with van der Waals surface area (Å²) in [4.78, 5) is 27.1. The summed E-state index contributed by atoms with van der Waals surface area (Å²) >= 11 is 11.9. The fourth-order valence-electron chi connectivity index (χ4n) is 2.88. The van der Waals surface area contributed by atoms with Crippen molar-refractivity contribution in [2.24, 2.45) is 0 Å². The number of amides is 2. The van der Waals surface area contributed by atoms with Gasteiger partial charge in [-0.2, -0.15) is 0 Å². The molecule has 1 unspecified atom stereocenters. The molecule has 0 aliphatic carbocycles. The first-order valence-corrected chi connectivity index (χ1v) is 8.15. The van der Waals surface area contributed by atoms with E-state index in [1.54, 1.807) is 25.2 Å². The number of carbonyl (C=O) groups is 2. The molecule has 0 bridgehead atoms. The summed E-state index contributed by atoms with van der Waals surface area (Å²) in [5, 5.41) is 11.7. The van der Waals surface area contributed by atoms with Gasteiger partial charge in [0.15, 0.2) is 5.60 Å². The van der Waals surface area contributed by atoms with Gasteiger partial charge in [0.2, 0.25) is 5.91 Å². The molecule has 2 rings (SSSR count). The summed E-state index contributed by atoms with van der Waals surface area (Å²) in [5.41, 5.74) is -0.762. The second-order valence-electron chi connectivity index (χ2n) is 6.01. The van der Waals surface area contributed by atoms with Gasteiger partial charge < -0.3 is 14.9 Å². The van der Waals surface area contributed by atoms with Crippen molar-refractivity contribution in [1.82, 2.24) is 9.80 Å². The molecule has 0 aromatic heterocycles. The molecule has 126 valence electrons. The molecule has 23 heavy (non-hydrogen) atoms. The van der Waals surface area contributed by atoms with E-state index in [0.29, 0.717) is 29.4 Å². The van der Waals surface area contributed by atoms with Crippen molar-refractivity contribution < 1.29 is 14.7 Å². The molecule has 1 N–H and O–H groups in total. The van der Waals surface area contributed by atoms with Gasteiger partial charge in [0, 0.05) is 37.1 Å². The van der Waals surface area contributed by atoms with Crippen LogP contribution in [0.1, 0.15) is 25.3 Å². The minimum absolute atomic E-state index is 0.0296. The number of benzene rings is 1. The quantitative estimate of drug-likeness (QED) is 0.901. The molecule has 0 radical (unpaired) electrons. The molecular weight excluding hydrogens is 339 g/mol. The molecular formula is C16H20Cl2N2O3. The Bertz CT molecular complexity index is 603. The predicted octanol–water partition coefficient (Wildman–Crippen LogP) is 2.33. The highest BCUT2D eigenvalue weighted by Gasteiger charge is 2.42. The van der Waals surface area contributed by atoms with Crippen LogP contribution in [0, 0.1) is 0 Å². The lowest BCUT2D eigenvalue weighted by Gasteiger charge is -2.39. The molecule has 1 aliphatic heterocycles. The Morgan fingerprint density at radius 2 is 1.91 bits per heavy atom. The average Bonchev–Trinajstić information content (AvgIpc) is 2.45. The van der Waals surface area contributed by atoms with E-state index < -0.39 is 11.5 Å². The van der Waals surface area contributed by atoms with E-state index >= 15 is 0 Å². The highest BCUT2D eigenvalue weighted by atomic mass is 35.5. The Balaban J connectivity index is 2.10. The lowest BCUT2D eigenvalue weighted by molar-refractivity contribution is -0.159. The maximum absolute atomic E-state index is 12.6. The smallest absolute Gasteiger partial charge is 0.256 e. The van der Waals surface area contributed by atoms with E-state index in [1.165, 1.54) is 16.7 Å². The number of carbonyl (C=O) groups excluding carboxylic acids is 2. The zero-order valence-corrected chi connectivity index (χ0v) is 14.7. The number of hydrogen-bond donors (Lipinski definition) is 1. The number of piperidine rings is 1. The fourth-order valence-corrected chi connectivity index (χ4v) is 3.45. The van der Waals surface area contributed by atoms with Crippen molar-refractivity contribution in [3.8, 4) is 0 Å². The molecule has 1 atom stereocenters. The van der Waals surface area contributed by atoms with Crippen LogP contribution in [-0.2, 0) is 16.1 Å². The van der Waals surface area contributed by atoms with Crippen LogP contribution in [0.5, 0.6) is 0 Å². The van der Waals surface area contributed by atoms with Crippen molar-refractivity contribution in [2.45, 2.75) is 31.9 Å². The Morgan fingerprint density at radius 3 is 2.48 bits per heavy atom. The molecule has 1 fully saturated rings. The van der Waals surface area contributed by atoms with Crippen molar-refractivity contribution in [1.29, 1.82) is 0 Å². The van der Waals surface area contributed by atoms with Gasteiger partial charge in [0.1, 0.15) is 0 Å². The number of hydrogen-bond acceptors (Lipinski definition) is 3. The van der Waals surface area contributed by atoms with E-state index in [2.05, 4.69) is 0 Å². The van der Waals surface area contributed by atoms with Crippen molar-refractivity contribution in [3.05, 3.63) is 33.8 Å². The average molecular weight is 359 g/mol. The van der Waals surface area contributed by atoms with Gasteiger partial charge in [-0.1, -0.05) is 23.2 Å². The molecule has 1 heterocycles.